The zero-order valence-corrected chi connectivity index (χ0v) is 12.4. The van der Waals surface area contributed by atoms with Crippen LogP contribution in [0.3, 0.4) is 0 Å². The minimum absolute atomic E-state index is 0.191. The highest BCUT2D eigenvalue weighted by molar-refractivity contribution is 5.83. The molecule has 3 aromatic rings. The Labute approximate surface area is 129 Å². The first kappa shape index (κ1) is 13.1. The van der Waals surface area contributed by atoms with Gasteiger partial charge in [-0.3, -0.25) is 4.79 Å². The van der Waals surface area contributed by atoms with Crippen molar-refractivity contribution in [3.05, 3.63) is 71.9 Å². The third kappa shape index (κ3) is 2.29. The Morgan fingerprint density at radius 3 is 2.64 bits per heavy atom. The van der Waals surface area contributed by atoms with E-state index in [2.05, 4.69) is 36.4 Å². The van der Waals surface area contributed by atoms with Gasteiger partial charge in [0.25, 0.3) is 0 Å². The molecule has 1 aromatic heterocycles. The maximum atomic E-state index is 12.6. The molecule has 0 aliphatic carbocycles. The first-order chi connectivity index (χ1) is 10.8. The summed E-state index contributed by atoms with van der Waals surface area (Å²) in [6.07, 6.45) is 2.95. The van der Waals surface area contributed by atoms with Crippen LogP contribution in [0.4, 0.5) is 0 Å². The van der Waals surface area contributed by atoms with Crippen molar-refractivity contribution < 1.29 is 4.79 Å². The summed E-state index contributed by atoms with van der Waals surface area (Å²) in [5, 5.41) is 1.18. The fourth-order valence-electron chi connectivity index (χ4n) is 3.23. The van der Waals surface area contributed by atoms with Gasteiger partial charge in [0.1, 0.15) is 6.54 Å². The van der Waals surface area contributed by atoms with Crippen LogP contribution in [0.2, 0.25) is 0 Å². The van der Waals surface area contributed by atoms with Crippen molar-refractivity contribution in [1.82, 2.24) is 9.47 Å². The molecule has 0 bridgehead atoms. The molecule has 1 amide bonds. The topological polar surface area (TPSA) is 25.2 Å². The molecule has 4 rings (SSSR count). The second-order valence-corrected chi connectivity index (χ2v) is 5.84. The van der Waals surface area contributed by atoms with Crippen LogP contribution in [0.5, 0.6) is 0 Å². The fourth-order valence-corrected chi connectivity index (χ4v) is 3.23. The summed E-state index contributed by atoms with van der Waals surface area (Å²) >= 11 is 0. The second-order valence-electron chi connectivity index (χ2n) is 5.84. The number of aromatic nitrogens is 1. The van der Waals surface area contributed by atoms with E-state index in [0.717, 1.165) is 25.0 Å². The van der Waals surface area contributed by atoms with E-state index >= 15 is 0 Å². The summed E-state index contributed by atoms with van der Waals surface area (Å²) in [6.45, 7) is 1.96. The third-order valence-corrected chi connectivity index (χ3v) is 4.47. The van der Waals surface area contributed by atoms with Crippen LogP contribution in [-0.4, -0.2) is 21.9 Å². The molecule has 0 radical (unpaired) electrons. The van der Waals surface area contributed by atoms with Gasteiger partial charge in [0, 0.05) is 24.8 Å². The third-order valence-electron chi connectivity index (χ3n) is 4.47. The van der Waals surface area contributed by atoms with Crippen LogP contribution in [0.1, 0.15) is 11.1 Å². The van der Waals surface area contributed by atoms with E-state index in [1.807, 2.05) is 33.9 Å². The number of para-hydroxylation sites is 1. The summed E-state index contributed by atoms with van der Waals surface area (Å²) in [5.41, 5.74) is 3.77. The van der Waals surface area contributed by atoms with Gasteiger partial charge in [-0.2, -0.15) is 0 Å². The molecule has 0 N–H and O–H groups in total. The Balaban J connectivity index is 1.54. The molecule has 0 saturated heterocycles. The first-order valence-electron chi connectivity index (χ1n) is 7.70. The van der Waals surface area contributed by atoms with E-state index in [1.54, 1.807) is 0 Å². The molecule has 1 aliphatic rings. The number of rotatable bonds is 2. The van der Waals surface area contributed by atoms with Crippen molar-refractivity contribution in [3.8, 4) is 0 Å². The highest BCUT2D eigenvalue weighted by atomic mass is 16.2. The number of benzene rings is 2. The Bertz CT molecular complexity index is 834. The molecule has 1 aliphatic heterocycles. The van der Waals surface area contributed by atoms with Crippen molar-refractivity contribution >= 4 is 16.8 Å². The van der Waals surface area contributed by atoms with Crippen LogP contribution in [0.15, 0.2) is 60.8 Å². The number of hydrogen-bond acceptors (Lipinski definition) is 1. The van der Waals surface area contributed by atoms with Crippen molar-refractivity contribution in [2.24, 2.45) is 0 Å². The maximum absolute atomic E-state index is 12.6. The zero-order valence-electron chi connectivity index (χ0n) is 12.4. The van der Waals surface area contributed by atoms with Crippen molar-refractivity contribution in [3.63, 3.8) is 0 Å². The van der Waals surface area contributed by atoms with Crippen LogP contribution in [0.25, 0.3) is 10.9 Å². The predicted molar refractivity (Wildman–Crippen MR) is 87.5 cm³/mol. The number of hydrogen-bond donors (Lipinski definition) is 0. The highest BCUT2D eigenvalue weighted by Gasteiger charge is 2.20. The quantitative estimate of drug-likeness (QED) is 0.711. The smallest absolute Gasteiger partial charge is 0.242 e. The van der Waals surface area contributed by atoms with Gasteiger partial charge in [0.05, 0.1) is 0 Å². The number of carbonyl (C=O) groups is 1. The van der Waals surface area contributed by atoms with E-state index in [1.165, 1.54) is 16.5 Å². The van der Waals surface area contributed by atoms with Gasteiger partial charge in [-0.05, 0) is 35.1 Å². The molecule has 0 atom stereocenters. The van der Waals surface area contributed by atoms with Gasteiger partial charge in [-0.15, -0.1) is 0 Å². The number of amides is 1. The van der Waals surface area contributed by atoms with E-state index < -0.39 is 0 Å². The monoisotopic (exact) mass is 290 g/mol. The van der Waals surface area contributed by atoms with Gasteiger partial charge in [-0.25, -0.2) is 0 Å². The maximum Gasteiger partial charge on any atom is 0.242 e. The van der Waals surface area contributed by atoms with Crippen molar-refractivity contribution in [2.45, 2.75) is 19.5 Å². The average Bonchev–Trinajstić information content (AvgIpc) is 2.97. The standard InChI is InChI=1S/C19H18N2O/c22-19(14-20-11-10-16-6-3-4-8-18(16)20)21-12-9-15-5-1-2-7-17(15)13-21/h1-8,10-11H,9,12-14H2. The predicted octanol–water partition coefficient (Wildman–Crippen LogP) is 3.23. The molecular weight excluding hydrogens is 272 g/mol. The number of fused-ring (bicyclic) bond motifs is 2. The highest BCUT2D eigenvalue weighted by Crippen LogP contribution is 2.20. The largest absolute Gasteiger partial charge is 0.338 e. The summed E-state index contributed by atoms with van der Waals surface area (Å²) in [4.78, 5) is 14.6. The molecule has 0 spiro atoms. The van der Waals surface area contributed by atoms with Crippen molar-refractivity contribution in [1.29, 1.82) is 0 Å². The van der Waals surface area contributed by atoms with E-state index in [0.29, 0.717) is 6.54 Å². The zero-order chi connectivity index (χ0) is 14.9. The minimum atomic E-state index is 0.191. The molecule has 22 heavy (non-hydrogen) atoms. The second kappa shape index (κ2) is 5.34. The Hall–Kier alpha value is -2.55. The Morgan fingerprint density at radius 2 is 1.73 bits per heavy atom. The number of carbonyl (C=O) groups excluding carboxylic acids is 1. The van der Waals surface area contributed by atoms with E-state index in [-0.39, 0.29) is 5.91 Å². The molecule has 3 nitrogen and oxygen atoms in total. The average molecular weight is 290 g/mol. The van der Waals surface area contributed by atoms with Crippen LogP contribution >= 0.6 is 0 Å². The summed E-state index contributed by atoms with van der Waals surface area (Å²) < 4.78 is 2.04. The van der Waals surface area contributed by atoms with Gasteiger partial charge < -0.3 is 9.47 Å². The first-order valence-corrected chi connectivity index (χ1v) is 7.70. The molecule has 110 valence electrons. The van der Waals surface area contributed by atoms with Gasteiger partial charge >= 0.3 is 0 Å². The fraction of sp³-hybridized carbons (Fsp3) is 0.211. The molecular formula is C19H18N2O. The lowest BCUT2D eigenvalue weighted by molar-refractivity contribution is -0.132. The van der Waals surface area contributed by atoms with Crippen molar-refractivity contribution in [2.75, 3.05) is 6.54 Å². The van der Waals surface area contributed by atoms with Crippen LogP contribution in [-0.2, 0) is 24.3 Å². The van der Waals surface area contributed by atoms with E-state index in [9.17, 15) is 4.79 Å². The summed E-state index contributed by atoms with van der Waals surface area (Å²) in [5.74, 6) is 0.191. The summed E-state index contributed by atoms with van der Waals surface area (Å²) in [7, 11) is 0. The SMILES string of the molecule is O=C(Cn1ccc2ccccc21)N1CCc2ccccc2C1. The number of nitrogens with zero attached hydrogens (tertiary/aromatic N) is 2. The lowest BCUT2D eigenvalue weighted by Crippen LogP contribution is -2.37. The molecule has 2 aromatic carbocycles. The lowest BCUT2D eigenvalue weighted by atomic mass is 10.00. The van der Waals surface area contributed by atoms with Gasteiger partial charge in [0.2, 0.25) is 5.91 Å². The Morgan fingerprint density at radius 1 is 0.955 bits per heavy atom. The summed E-state index contributed by atoms with van der Waals surface area (Å²) in [6, 6.07) is 18.6. The van der Waals surface area contributed by atoms with Gasteiger partial charge in [-0.1, -0.05) is 42.5 Å². The molecule has 3 heteroatoms. The Kier molecular flexibility index (Phi) is 3.19. The molecule has 0 saturated carbocycles. The molecule has 0 unspecified atom stereocenters. The van der Waals surface area contributed by atoms with Crippen LogP contribution in [0, 0.1) is 0 Å². The lowest BCUT2D eigenvalue weighted by Gasteiger charge is -2.29. The van der Waals surface area contributed by atoms with Gasteiger partial charge in [0.15, 0.2) is 0 Å². The molecule has 0 fully saturated rings. The van der Waals surface area contributed by atoms with Crippen LogP contribution < -0.4 is 0 Å². The molecule has 2 heterocycles. The van der Waals surface area contributed by atoms with E-state index in [4.69, 9.17) is 0 Å². The normalized spacial score (nSPS) is 14.1. The minimum Gasteiger partial charge on any atom is -0.338 e.